The van der Waals surface area contributed by atoms with E-state index in [1.807, 2.05) is 0 Å². The summed E-state index contributed by atoms with van der Waals surface area (Å²) < 4.78 is 9.70. The van der Waals surface area contributed by atoms with Gasteiger partial charge in [-0.25, -0.2) is 0 Å². The molecule has 0 fully saturated rings. The molecule has 0 aliphatic carbocycles. The van der Waals surface area contributed by atoms with Crippen molar-refractivity contribution in [2.24, 2.45) is 5.73 Å². The van der Waals surface area contributed by atoms with E-state index in [2.05, 4.69) is 5.32 Å². The number of carbonyl (C=O) groups excluding carboxylic acids is 2. The highest BCUT2D eigenvalue weighted by Gasteiger charge is 1.99. The summed E-state index contributed by atoms with van der Waals surface area (Å²) in [6.45, 7) is 1.52. The first-order chi connectivity index (χ1) is 6.81. The maximum Gasteiger partial charge on any atom is 0.246 e. The Kier molecular flexibility index (Phi) is 9.40. The maximum absolute atomic E-state index is 10.9. The highest BCUT2D eigenvalue weighted by atomic mass is 16.5. The van der Waals surface area contributed by atoms with Crippen molar-refractivity contribution in [2.75, 3.05) is 39.5 Å². The van der Waals surface area contributed by atoms with Crippen molar-refractivity contribution in [1.29, 1.82) is 0 Å². The molecule has 0 aliphatic rings. The fraction of sp³-hybridized carbons (Fsp3) is 0.750. The van der Waals surface area contributed by atoms with Crippen molar-refractivity contribution >= 4 is 12.2 Å². The molecule has 0 saturated carbocycles. The first-order valence-corrected chi connectivity index (χ1v) is 4.37. The Morgan fingerprint density at radius 3 is 2.79 bits per heavy atom. The predicted octanol–water partition coefficient (Wildman–Crippen LogP) is -1.71. The second-order valence-corrected chi connectivity index (χ2v) is 2.43. The fourth-order valence-corrected chi connectivity index (χ4v) is 0.693. The van der Waals surface area contributed by atoms with Crippen LogP contribution in [-0.2, 0) is 19.1 Å². The Morgan fingerprint density at radius 2 is 2.14 bits per heavy atom. The third-order valence-corrected chi connectivity index (χ3v) is 1.25. The lowest BCUT2D eigenvalue weighted by atomic mass is 10.6. The van der Waals surface area contributed by atoms with E-state index in [0.29, 0.717) is 32.6 Å². The lowest BCUT2D eigenvalue weighted by molar-refractivity contribution is -0.125. The fourth-order valence-electron chi connectivity index (χ4n) is 0.693. The minimum Gasteiger partial charge on any atom is -0.372 e. The maximum atomic E-state index is 10.9. The zero-order valence-electron chi connectivity index (χ0n) is 8.03. The Hall–Kier alpha value is -0.980. The molecule has 0 aromatic heterocycles. The molecule has 14 heavy (non-hydrogen) atoms. The van der Waals surface area contributed by atoms with Gasteiger partial charge in [0.1, 0.15) is 19.5 Å². The van der Waals surface area contributed by atoms with Gasteiger partial charge < -0.3 is 25.3 Å². The van der Waals surface area contributed by atoms with Crippen LogP contribution in [-0.4, -0.2) is 51.7 Å². The molecule has 0 aromatic rings. The number of carbonyl (C=O) groups is 2. The molecule has 6 heteroatoms. The van der Waals surface area contributed by atoms with Crippen LogP contribution in [0.25, 0.3) is 0 Å². The van der Waals surface area contributed by atoms with Gasteiger partial charge in [0.25, 0.3) is 0 Å². The summed E-state index contributed by atoms with van der Waals surface area (Å²) in [7, 11) is 0. The zero-order valence-corrected chi connectivity index (χ0v) is 8.03. The minimum absolute atomic E-state index is 0.00484. The van der Waals surface area contributed by atoms with Crippen LogP contribution in [0.3, 0.4) is 0 Å². The average molecular weight is 204 g/mol. The highest BCUT2D eigenvalue weighted by molar-refractivity contribution is 5.77. The van der Waals surface area contributed by atoms with E-state index in [-0.39, 0.29) is 19.1 Å². The molecule has 82 valence electrons. The van der Waals surface area contributed by atoms with E-state index in [1.54, 1.807) is 0 Å². The molecule has 0 saturated heterocycles. The molecular formula is C8H16N2O4. The molecule has 0 bridgehead atoms. The molecule has 0 aromatic carbocycles. The second-order valence-electron chi connectivity index (χ2n) is 2.43. The number of hydrogen-bond acceptors (Lipinski definition) is 5. The van der Waals surface area contributed by atoms with Gasteiger partial charge in [0.05, 0.1) is 13.2 Å². The number of amides is 1. The summed E-state index contributed by atoms with van der Waals surface area (Å²) in [5, 5.41) is 2.55. The van der Waals surface area contributed by atoms with Gasteiger partial charge in [0.15, 0.2) is 0 Å². The van der Waals surface area contributed by atoms with Gasteiger partial charge in [-0.1, -0.05) is 0 Å². The zero-order chi connectivity index (χ0) is 10.6. The Balaban J connectivity index is 3.14. The smallest absolute Gasteiger partial charge is 0.246 e. The normalized spacial score (nSPS) is 9.79. The largest absolute Gasteiger partial charge is 0.372 e. The number of ether oxygens (including phenoxy) is 2. The summed E-state index contributed by atoms with van der Waals surface area (Å²) in [6, 6.07) is 0. The van der Waals surface area contributed by atoms with Crippen LogP contribution in [0.4, 0.5) is 0 Å². The Labute approximate surface area is 82.7 Å². The van der Waals surface area contributed by atoms with E-state index >= 15 is 0 Å². The van der Waals surface area contributed by atoms with Gasteiger partial charge in [-0.05, 0) is 0 Å². The van der Waals surface area contributed by atoms with Gasteiger partial charge in [-0.2, -0.15) is 0 Å². The van der Waals surface area contributed by atoms with E-state index in [1.165, 1.54) is 0 Å². The van der Waals surface area contributed by atoms with Crippen molar-refractivity contribution in [3.63, 3.8) is 0 Å². The van der Waals surface area contributed by atoms with Gasteiger partial charge in [0.2, 0.25) is 5.91 Å². The molecule has 3 N–H and O–H groups in total. The average Bonchev–Trinajstić information content (AvgIpc) is 2.18. The SMILES string of the molecule is NCCOCC(=O)NCCOCC=O. The van der Waals surface area contributed by atoms with Crippen molar-refractivity contribution in [2.45, 2.75) is 0 Å². The number of nitrogens with one attached hydrogen (secondary N) is 1. The Morgan fingerprint density at radius 1 is 1.36 bits per heavy atom. The second kappa shape index (κ2) is 10.1. The van der Waals surface area contributed by atoms with Gasteiger partial charge in [-0.15, -0.1) is 0 Å². The third-order valence-electron chi connectivity index (χ3n) is 1.25. The van der Waals surface area contributed by atoms with Crippen LogP contribution in [0, 0.1) is 0 Å². The van der Waals surface area contributed by atoms with Crippen LogP contribution < -0.4 is 11.1 Å². The molecule has 0 unspecified atom stereocenters. The van der Waals surface area contributed by atoms with Gasteiger partial charge >= 0.3 is 0 Å². The molecule has 0 rings (SSSR count). The number of aldehydes is 1. The lowest BCUT2D eigenvalue weighted by Crippen LogP contribution is -2.31. The van der Waals surface area contributed by atoms with Crippen molar-refractivity contribution in [3.05, 3.63) is 0 Å². The summed E-state index contributed by atoms with van der Waals surface area (Å²) in [4.78, 5) is 20.8. The van der Waals surface area contributed by atoms with Crippen LogP contribution in [0.15, 0.2) is 0 Å². The molecule has 1 amide bonds. The molecule has 0 spiro atoms. The van der Waals surface area contributed by atoms with Crippen LogP contribution in [0.5, 0.6) is 0 Å². The molecule has 0 heterocycles. The summed E-state index contributed by atoms with van der Waals surface area (Å²) in [6.07, 6.45) is 0.659. The van der Waals surface area contributed by atoms with Gasteiger partial charge in [-0.3, -0.25) is 4.79 Å². The number of rotatable bonds is 9. The Bertz CT molecular complexity index is 163. The highest BCUT2D eigenvalue weighted by Crippen LogP contribution is 1.74. The molecule has 0 radical (unpaired) electrons. The summed E-state index contributed by atoms with van der Waals surface area (Å²) in [5.41, 5.74) is 5.16. The van der Waals surface area contributed by atoms with Crippen LogP contribution >= 0.6 is 0 Å². The first-order valence-electron chi connectivity index (χ1n) is 4.37. The number of hydrogen-bond donors (Lipinski definition) is 2. The predicted molar refractivity (Wildman–Crippen MR) is 49.8 cm³/mol. The van der Waals surface area contributed by atoms with E-state index < -0.39 is 0 Å². The van der Waals surface area contributed by atoms with E-state index in [9.17, 15) is 9.59 Å². The lowest BCUT2D eigenvalue weighted by Gasteiger charge is -2.04. The minimum atomic E-state index is -0.215. The summed E-state index contributed by atoms with van der Waals surface area (Å²) >= 11 is 0. The van der Waals surface area contributed by atoms with Crippen molar-refractivity contribution in [1.82, 2.24) is 5.32 Å². The molecular weight excluding hydrogens is 188 g/mol. The van der Waals surface area contributed by atoms with Crippen LogP contribution in [0.2, 0.25) is 0 Å². The van der Waals surface area contributed by atoms with Crippen LogP contribution in [0.1, 0.15) is 0 Å². The van der Waals surface area contributed by atoms with E-state index in [4.69, 9.17) is 15.2 Å². The third kappa shape index (κ3) is 9.11. The first kappa shape index (κ1) is 13.0. The molecule has 0 atom stereocenters. The van der Waals surface area contributed by atoms with Crippen molar-refractivity contribution in [3.8, 4) is 0 Å². The topological polar surface area (TPSA) is 90.7 Å². The molecule has 0 aliphatic heterocycles. The quantitative estimate of drug-likeness (QED) is 0.345. The van der Waals surface area contributed by atoms with Crippen molar-refractivity contribution < 1.29 is 19.1 Å². The van der Waals surface area contributed by atoms with Gasteiger partial charge in [0, 0.05) is 13.1 Å². The number of nitrogens with two attached hydrogens (primary N) is 1. The van der Waals surface area contributed by atoms with E-state index in [0.717, 1.165) is 0 Å². The summed E-state index contributed by atoms with van der Waals surface area (Å²) in [5.74, 6) is -0.215. The standard InChI is InChI=1S/C8H16N2O4/c9-1-4-14-7-8(12)10-2-5-13-6-3-11/h3H,1-2,4-7,9H2,(H,10,12). The monoisotopic (exact) mass is 204 g/mol. The molecule has 6 nitrogen and oxygen atoms in total.